The maximum absolute atomic E-state index is 12.9. The Morgan fingerprint density at radius 3 is 2.30 bits per heavy atom. The summed E-state index contributed by atoms with van der Waals surface area (Å²) >= 11 is 0. The minimum Gasteiger partial charge on any atom is -0.497 e. The molecule has 0 bridgehead atoms. The lowest BCUT2D eigenvalue weighted by atomic mass is 9.91. The third kappa shape index (κ3) is 5.02. The third-order valence-electron chi connectivity index (χ3n) is 6.17. The fourth-order valence-electron chi connectivity index (χ4n) is 4.36. The highest BCUT2D eigenvalue weighted by atomic mass is 16.5. The van der Waals surface area contributed by atoms with E-state index in [1.54, 1.807) is 7.11 Å². The fourth-order valence-corrected chi connectivity index (χ4v) is 4.36. The van der Waals surface area contributed by atoms with Crippen LogP contribution in [0.4, 0.5) is 0 Å². The van der Waals surface area contributed by atoms with Gasteiger partial charge in [0.2, 0.25) is 11.8 Å². The van der Waals surface area contributed by atoms with Crippen LogP contribution in [0.15, 0.2) is 24.3 Å². The molecule has 0 N–H and O–H groups in total. The van der Waals surface area contributed by atoms with Gasteiger partial charge in [0.15, 0.2) is 0 Å². The maximum Gasteiger partial charge on any atom is 0.227 e. The molecular weight excluding hydrogens is 340 g/mol. The van der Waals surface area contributed by atoms with E-state index < -0.39 is 0 Å². The number of hydrogen-bond acceptors (Lipinski definition) is 3. The maximum atomic E-state index is 12.9. The molecule has 0 aromatic heterocycles. The van der Waals surface area contributed by atoms with E-state index in [9.17, 15) is 9.59 Å². The number of rotatable bonds is 5. The van der Waals surface area contributed by atoms with Crippen molar-refractivity contribution in [1.82, 2.24) is 9.80 Å². The summed E-state index contributed by atoms with van der Waals surface area (Å²) in [5.41, 5.74) is 0.993. The molecule has 3 rings (SSSR count). The fraction of sp³-hybridized carbons (Fsp3) is 0.636. The molecule has 1 unspecified atom stereocenters. The van der Waals surface area contributed by atoms with Crippen LogP contribution < -0.4 is 4.74 Å². The predicted molar refractivity (Wildman–Crippen MR) is 106 cm³/mol. The van der Waals surface area contributed by atoms with Gasteiger partial charge >= 0.3 is 0 Å². The van der Waals surface area contributed by atoms with Crippen molar-refractivity contribution < 1.29 is 14.3 Å². The molecule has 1 saturated carbocycles. The molecule has 1 heterocycles. The van der Waals surface area contributed by atoms with Gasteiger partial charge < -0.3 is 14.5 Å². The summed E-state index contributed by atoms with van der Waals surface area (Å²) in [6, 6.07) is 7.65. The number of nitrogens with zero attached hydrogens (tertiary/aromatic N) is 2. The molecular formula is C22H32N2O3. The topological polar surface area (TPSA) is 49.9 Å². The van der Waals surface area contributed by atoms with Gasteiger partial charge in [-0.05, 0) is 42.9 Å². The summed E-state index contributed by atoms with van der Waals surface area (Å²) < 4.78 is 5.16. The zero-order chi connectivity index (χ0) is 19.2. The molecule has 2 amide bonds. The molecule has 27 heavy (non-hydrogen) atoms. The molecule has 2 fully saturated rings. The van der Waals surface area contributed by atoms with E-state index in [0.717, 1.165) is 30.8 Å². The number of hydrogen-bond donors (Lipinski definition) is 0. The minimum absolute atomic E-state index is 0.119. The van der Waals surface area contributed by atoms with Crippen LogP contribution in [0.25, 0.3) is 0 Å². The summed E-state index contributed by atoms with van der Waals surface area (Å²) in [4.78, 5) is 29.5. The second-order valence-corrected chi connectivity index (χ2v) is 7.92. The number of ether oxygens (including phenoxy) is 1. The van der Waals surface area contributed by atoms with Crippen LogP contribution in [-0.2, 0) is 16.0 Å². The first kappa shape index (κ1) is 19.7. The molecule has 1 aromatic carbocycles. The highest BCUT2D eigenvalue weighted by Crippen LogP contribution is 2.32. The Hall–Kier alpha value is -2.04. The zero-order valence-corrected chi connectivity index (χ0v) is 16.7. The van der Waals surface area contributed by atoms with Gasteiger partial charge in [-0.3, -0.25) is 9.59 Å². The van der Waals surface area contributed by atoms with Gasteiger partial charge in [-0.15, -0.1) is 0 Å². The van der Waals surface area contributed by atoms with Crippen molar-refractivity contribution in [1.29, 1.82) is 0 Å². The van der Waals surface area contributed by atoms with Gasteiger partial charge in [-0.25, -0.2) is 0 Å². The van der Waals surface area contributed by atoms with Crippen LogP contribution in [0.2, 0.25) is 0 Å². The molecule has 0 radical (unpaired) electrons. The number of amides is 2. The summed E-state index contributed by atoms with van der Waals surface area (Å²) in [6.07, 6.45) is 6.15. The largest absolute Gasteiger partial charge is 0.497 e. The predicted octanol–water partition coefficient (Wildman–Crippen LogP) is 3.12. The van der Waals surface area contributed by atoms with Gasteiger partial charge in [0.1, 0.15) is 5.75 Å². The molecule has 0 spiro atoms. The third-order valence-corrected chi connectivity index (χ3v) is 6.17. The van der Waals surface area contributed by atoms with Gasteiger partial charge in [0.25, 0.3) is 0 Å². The Labute approximate surface area is 162 Å². The van der Waals surface area contributed by atoms with E-state index in [1.165, 1.54) is 25.7 Å². The first-order valence-corrected chi connectivity index (χ1v) is 10.3. The van der Waals surface area contributed by atoms with Crippen molar-refractivity contribution in [2.24, 2.45) is 11.8 Å². The molecule has 1 aliphatic carbocycles. The van der Waals surface area contributed by atoms with Crippen molar-refractivity contribution in [2.75, 3.05) is 33.3 Å². The number of benzene rings is 1. The summed E-state index contributed by atoms with van der Waals surface area (Å²) in [5.74, 6) is 1.89. The molecule has 1 saturated heterocycles. The standard InChI is InChI=1S/C22H32N2O3/c1-17(19-6-3-4-7-19)22(26)24-13-5-12-23(14-15-24)21(25)16-18-8-10-20(27-2)11-9-18/h8-11,17,19H,3-7,12-16H2,1-2H3. The summed E-state index contributed by atoms with van der Waals surface area (Å²) in [5, 5.41) is 0. The Balaban J connectivity index is 1.52. The number of carbonyl (C=O) groups excluding carboxylic acids is 2. The van der Waals surface area contributed by atoms with Crippen molar-refractivity contribution in [3.05, 3.63) is 29.8 Å². The van der Waals surface area contributed by atoms with Gasteiger partial charge in [-0.2, -0.15) is 0 Å². The number of methoxy groups -OCH3 is 1. The molecule has 5 heteroatoms. The first-order valence-electron chi connectivity index (χ1n) is 10.3. The van der Waals surface area contributed by atoms with E-state index in [1.807, 2.05) is 34.1 Å². The van der Waals surface area contributed by atoms with Crippen LogP contribution in [-0.4, -0.2) is 54.9 Å². The SMILES string of the molecule is COc1ccc(CC(=O)N2CCCN(C(=O)C(C)C3CCCC3)CC2)cc1. The van der Waals surface area contributed by atoms with Crippen molar-refractivity contribution in [3.63, 3.8) is 0 Å². The van der Waals surface area contributed by atoms with Gasteiger partial charge in [0, 0.05) is 32.1 Å². The lowest BCUT2D eigenvalue weighted by molar-refractivity contribution is -0.137. The minimum atomic E-state index is 0.119. The van der Waals surface area contributed by atoms with Gasteiger partial charge in [-0.1, -0.05) is 31.9 Å². The van der Waals surface area contributed by atoms with E-state index in [2.05, 4.69) is 6.92 Å². The molecule has 1 aromatic rings. The normalized spacial score (nSPS) is 19.6. The Morgan fingerprint density at radius 2 is 1.63 bits per heavy atom. The van der Waals surface area contributed by atoms with E-state index in [4.69, 9.17) is 4.74 Å². The average molecular weight is 373 g/mol. The van der Waals surface area contributed by atoms with E-state index >= 15 is 0 Å². The lowest BCUT2D eigenvalue weighted by Gasteiger charge is -2.27. The molecule has 5 nitrogen and oxygen atoms in total. The first-order chi connectivity index (χ1) is 13.1. The summed E-state index contributed by atoms with van der Waals surface area (Å²) in [7, 11) is 1.64. The Bertz CT molecular complexity index is 637. The Kier molecular flexibility index (Phi) is 6.75. The smallest absolute Gasteiger partial charge is 0.227 e. The highest BCUT2D eigenvalue weighted by Gasteiger charge is 2.31. The molecule has 1 aliphatic heterocycles. The highest BCUT2D eigenvalue weighted by molar-refractivity contribution is 5.80. The Morgan fingerprint density at radius 1 is 1.00 bits per heavy atom. The van der Waals surface area contributed by atoms with Crippen LogP contribution in [0.3, 0.4) is 0 Å². The van der Waals surface area contributed by atoms with E-state index in [0.29, 0.717) is 25.4 Å². The monoisotopic (exact) mass is 372 g/mol. The van der Waals surface area contributed by atoms with E-state index in [-0.39, 0.29) is 17.7 Å². The van der Waals surface area contributed by atoms with Crippen LogP contribution in [0, 0.1) is 11.8 Å². The summed E-state index contributed by atoms with van der Waals surface area (Å²) in [6.45, 7) is 4.89. The molecule has 148 valence electrons. The zero-order valence-electron chi connectivity index (χ0n) is 16.7. The quantitative estimate of drug-likeness (QED) is 0.798. The lowest BCUT2D eigenvalue weighted by Crippen LogP contribution is -2.41. The van der Waals surface area contributed by atoms with Crippen molar-refractivity contribution in [3.8, 4) is 5.75 Å². The second kappa shape index (κ2) is 9.25. The van der Waals surface area contributed by atoms with Crippen molar-refractivity contribution in [2.45, 2.75) is 45.4 Å². The van der Waals surface area contributed by atoms with Crippen LogP contribution in [0.5, 0.6) is 5.75 Å². The average Bonchev–Trinajstić information content (AvgIpc) is 3.11. The van der Waals surface area contributed by atoms with Crippen molar-refractivity contribution >= 4 is 11.8 Å². The van der Waals surface area contributed by atoms with Crippen LogP contribution >= 0.6 is 0 Å². The molecule has 1 atom stereocenters. The second-order valence-electron chi connectivity index (χ2n) is 7.92. The van der Waals surface area contributed by atoms with Gasteiger partial charge in [0.05, 0.1) is 13.5 Å². The molecule has 2 aliphatic rings. The van der Waals surface area contributed by atoms with Crippen LogP contribution in [0.1, 0.15) is 44.6 Å². The number of carbonyl (C=O) groups is 2.